The van der Waals surface area contributed by atoms with Gasteiger partial charge in [0.2, 0.25) is 0 Å². The Morgan fingerprint density at radius 3 is 3.00 bits per heavy atom. The van der Waals surface area contributed by atoms with Gasteiger partial charge in [0.05, 0.1) is 18.0 Å². The van der Waals surface area contributed by atoms with Crippen molar-refractivity contribution in [3.63, 3.8) is 0 Å². The number of pyridine rings is 1. The van der Waals surface area contributed by atoms with E-state index >= 15 is 0 Å². The van der Waals surface area contributed by atoms with E-state index in [0.717, 1.165) is 30.6 Å². The van der Waals surface area contributed by atoms with Crippen molar-refractivity contribution in [2.45, 2.75) is 31.8 Å². The van der Waals surface area contributed by atoms with Crippen LogP contribution in [-0.2, 0) is 13.0 Å². The van der Waals surface area contributed by atoms with Gasteiger partial charge in [-0.2, -0.15) is 0 Å². The summed E-state index contributed by atoms with van der Waals surface area (Å²) in [5.41, 5.74) is 3.47. The molecule has 1 fully saturated rings. The van der Waals surface area contributed by atoms with E-state index in [1.165, 1.54) is 24.6 Å². The number of benzene rings is 1. The van der Waals surface area contributed by atoms with Gasteiger partial charge in [0.1, 0.15) is 5.82 Å². The molecule has 0 N–H and O–H groups in total. The summed E-state index contributed by atoms with van der Waals surface area (Å²) >= 11 is 0. The molecule has 1 aromatic carbocycles. The van der Waals surface area contributed by atoms with Crippen molar-refractivity contribution < 1.29 is 4.39 Å². The number of aromatic nitrogens is 2. The number of nitrogens with zero attached hydrogens (tertiary/aromatic N) is 3. The third kappa shape index (κ3) is 2.99. The van der Waals surface area contributed by atoms with Gasteiger partial charge in [-0.3, -0.25) is 4.90 Å². The van der Waals surface area contributed by atoms with Crippen molar-refractivity contribution in [2.24, 2.45) is 0 Å². The zero-order valence-corrected chi connectivity index (χ0v) is 13.0. The predicted octanol–water partition coefficient (Wildman–Crippen LogP) is 3.68. The highest BCUT2D eigenvalue weighted by molar-refractivity contribution is 5.45. The SMILES string of the molecule is Fc1cccc(CC2CCCN2Cc2cccc3cncn23)c1. The third-order valence-corrected chi connectivity index (χ3v) is 4.76. The standard InChI is InChI=1S/C19H20FN3/c20-16-5-1-4-15(10-16)11-17-8-3-9-22(17)13-19-7-2-6-18-12-21-14-23(18)19/h1-2,4-7,10,12,14,17H,3,8-9,11,13H2. The lowest BCUT2D eigenvalue weighted by atomic mass is 10.0. The van der Waals surface area contributed by atoms with Crippen molar-refractivity contribution in [1.82, 2.24) is 14.3 Å². The number of rotatable bonds is 4. The van der Waals surface area contributed by atoms with Crippen LogP contribution >= 0.6 is 0 Å². The summed E-state index contributed by atoms with van der Waals surface area (Å²) in [7, 11) is 0. The van der Waals surface area contributed by atoms with Crippen molar-refractivity contribution in [3.8, 4) is 0 Å². The molecule has 118 valence electrons. The summed E-state index contributed by atoms with van der Waals surface area (Å²) in [5, 5.41) is 0. The summed E-state index contributed by atoms with van der Waals surface area (Å²) in [5.74, 6) is -0.143. The van der Waals surface area contributed by atoms with Crippen molar-refractivity contribution in [2.75, 3.05) is 6.54 Å². The maximum atomic E-state index is 13.4. The molecule has 23 heavy (non-hydrogen) atoms. The van der Waals surface area contributed by atoms with E-state index in [2.05, 4.69) is 32.5 Å². The first kappa shape index (κ1) is 14.4. The maximum absolute atomic E-state index is 13.4. The fraction of sp³-hybridized carbons (Fsp3) is 0.316. The molecular weight excluding hydrogens is 289 g/mol. The predicted molar refractivity (Wildman–Crippen MR) is 88.7 cm³/mol. The van der Waals surface area contributed by atoms with Gasteiger partial charge in [0.15, 0.2) is 0 Å². The minimum atomic E-state index is -0.143. The number of hydrogen-bond acceptors (Lipinski definition) is 2. The highest BCUT2D eigenvalue weighted by atomic mass is 19.1. The van der Waals surface area contributed by atoms with Gasteiger partial charge in [-0.25, -0.2) is 9.37 Å². The lowest BCUT2D eigenvalue weighted by Crippen LogP contribution is -2.31. The molecule has 3 aromatic rings. The molecule has 0 bridgehead atoms. The molecule has 3 nitrogen and oxygen atoms in total. The number of halogens is 1. The first-order chi connectivity index (χ1) is 11.3. The summed E-state index contributed by atoms with van der Waals surface area (Å²) < 4.78 is 15.6. The van der Waals surface area contributed by atoms with Gasteiger partial charge >= 0.3 is 0 Å². The molecule has 0 aliphatic carbocycles. The Morgan fingerprint density at radius 2 is 2.09 bits per heavy atom. The molecule has 1 unspecified atom stereocenters. The molecular formula is C19H20FN3. The van der Waals surface area contributed by atoms with Crippen LogP contribution in [-0.4, -0.2) is 26.9 Å². The molecule has 1 saturated heterocycles. The molecule has 0 saturated carbocycles. The number of fused-ring (bicyclic) bond motifs is 1. The molecule has 0 radical (unpaired) electrons. The molecule has 3 heterocycles. The first-order valence-electron chi connectivity index (χ1n) is 8.18. The average Bonchev–Trinajstić information content (AvgIpc) is 3.18. The second-order valence-corrected chi connectivity index (χ2v) is 6.31. The van der Waals surface area contributed by atoms with E-state index in [1.54, 1.807) is 12.1 Å². The smallest absolute Gasteiger partial charge is 0.123 e. The minimum Gasteiger partial charge on any atom is -0.302 e. The Kier molecular flexibility index (Phi) is 3.83. The molecule has 1 atom stereocenters. The Labute approximate surface area is 135 Å². The average molecular weight is 309 g/mol. The highest BCUT2D eigenvalue weighted by Crippen LogP contribution is 2.24. The Bertz CT molecular complexity index is 811. The maximum Gasteiger partial charge on any atom is 0.123 e. The third-order valence-electron chi connectivity index (χ3n) is 4.76. The van der Waals surface area contributed by atoms with Crippen LogP contribution in [0.25, 0.3) is 5.52 Å². The van der Waals surface area contributed by atoms with Gasteiger partial charge in [0.25, 0.3) is 0 Å². The van der Waals surface area contributed by atoms with Crippen LogP contribution in [0.3, 0.4) is 0 Å². The molecule has 4 rings (SSSR count). The normalized spacial score (nSPS) is 18.7. The number of hydrogen-bond donors (Lipinski definition) is 0. The fourth-order valence-electron chi connectivity index (χ4n) is 3.61. The number of likely N-dealkylation sites (tertiary alicyclic amines) is 1. The second kappa shape index (κ2) is 6.13. The zero-order chi connectivity index (χ0) is 15.6. The van der Waals surface area contributed by atoms with Crippen LogP contribution in [0.2, 0.25) is 0 Å². The molecule has 1 aliphatic heterocycles. The van der Waals surface area contributed by atoms with Crippen molar-refractivity contribution >= 4 is 5.52 Å². The van der Waals surface area contributed by atoms with E-state index in [1.807, 2.05) is 18.6 Å². The first-order valence-corrected chi connectivity index (χ1v) is 8.18. The molecule has 0 spiro atoms. The van der Waals surface area contributed by atoms with Crippen LogP contribution in [0.15, 0.2) is 55.0 Å². The van der Waals surface area contributed by atoms with Gasteiger partial charge in [0, 0.05) is 18.3 Å². The van der Waals surface area contributed by atoms with Gasteiger partial charge in [-0.1, -0.05) is 18.2 Å². The van der Waals surface area contributed by atoms with Crippen molar-refractivity contribution in [1.29, 1.82) is 0 Å². The monoisotopic (exact) mass is 309 g/mol. The van der Waals surface area contributed by atoms with Gasteiger partial charge in [-0.05, 0) is 55.6 Å². The lowest BCUT2D eigenvalue weighted by molar-refractivity contribution is 0.240. The minimum absolute atomic E-state index is 0.143. The second-order valence-electron chi connectivity index (χ2n) is 6.31. The van der Waals surface area contributed by atoms with E-state index in [-0.39, 0.29) is 5.82 Å². The Morgan fingerprint density at radius 1 is 1.17 bits per heavy atom. The highest BCUT2D eigenvalue weighted by Gasteiger charge is 2.25. The topological polar surface area (TPSA) is 20.5 Å². The summed E-state index contributed by atoms with van der Waals surface area (Å²) in [6, 6.07) is 13.8. The van der Waals surface area contributed by atoms with E-state index < -0.39 is 0 Å². The van der Waals surface area contributed by atoms with E-state index in [4.69, 9.17) is 0 Å². The summed E-state index contributed by atoms with van der Waals surface area (Å²) in [6.45, 7) is 2.01. The summed E-state index contributed by atoms with van der Waals surface area (Å²) in [4.78, 5) is 6.75. The van der Waals surface area contributed by atoms with Crippen LogP contribution in [0.5, 0.6) is 0 Å². The van der Waals surface area contributed by atoms with Crippen LogP contribution in [0.4, 0.5) is 4.39 Å². The Balaban J connectivity index is 1.53. The Hall–Kier alpha value is -2.20. The van der Waals surface area contributed by atoms with Crippen LogP contribution < -0.4 is 0 Å². The van der Waals surface area contributed by atoms with E-state index in [9.17, 15) is 4.39 Å². The van der Waals surface area contributed by atoms with Crippen LogP contribution in [0.1, 0.15) is 24.1 Å². The van der Waals surface area contributed by atoms with Crippen molar-refractivity contribution in [3.05, 3.63) is 72.1 Å². The van der Waals surface area contributed by atoms with Gasteiger partial charge in [-0.15, -0.1) is 0 Å². The van der Waals surface area contributed by atoms with E-state index in [0.29, 0.717) is 6.04 Å². The van der Waals surface area contributed by atoms with Crippen LogP contribution in [0, 0.1) is 5.82 Å². The quantitative estimate of drug-likeness (QED) is 0.733. The number of imidazole rings is 1. The lowest BCUT2D eigenvalue weighted by Gasteiger charge is -2.25. The van der Waals surface area contributed by atoms with Gasteiger partial charge < -0.3 is 4.40 Å². The molecule has 0 amide bonds. The zero-order valence-electron chi connectivity index (χ0n) is 13.0. The largest absolute Gasteiger partial charge is 0.302 e. The summed E-state index contributed by atoms with van der Waals surface area (Å²) in [6.07, 6.45) is 7.06. The molecule has 2 aromatic heterocycles. The molecule has 1 aliphatic rings. The fourth-order valence-corrected chi connectivity index (χ4v) is 3.61. The molecule has 4 heteroatoms.